The van der Waals surface area contributed by atoms with E-state index in [1.54, 1.807) is 0 Å². The number of alkyl halides is 9. The molecule has 0 unspecified atom stereocenters. The van der Waals surface area contributed by atoms with E-state index in [1.165, 1.54) is 0 Å². The van der Waals surface area contributed by atoms with Gasteiger partial charge in [-0.25, -0.2) is 0 Å². The number of aliphatic hydroxyl groups excluding tert-OH is 3. The summed E-state index contributed by atoms with van der Waals surface area (Å²) in [6.07, 6.45) is -14.3. The first-order valence-corrected chi connectivity index (χ1v) is 6.97. The molecule has 0 aromatic heterocycles. The number of aliphatic hydroxyl groups is 3. The second kappa shape index (κ2) is 14.5. The standard InChI is InChI=1S/3C5H5F3O2.Cr/c3*1-3(9)2-4(10)5(6,7)8;/h3*2,9H,1H3;/b3*3-2+;. The SMILES string of the molecule is C/C(O)=C\C(=O)C(F)(F)F.C/C(O)=C\C(=O)C(F)(F)F.C/C(O)=C\C(=O)C(F)(F)F.[Cr]. The quantitative estimate of drug-likeness (QED) is 0.285. The number of hydrogen-bond donors (Lipinski definition) is 3. The van der Waals surface area contributed by atoms with Crippen molar-refractivity contribution in [2.24, 2.45) is 0 Å². The smallest absolute Gasteiger partial charge is 0.454 e. The Balaban J connectivity index is -0.000000174. The second-order valence-corrected chi connectivity index (χ2v) is 4.94. The predicted octanol–water partition coefficient (Wildman–Crippen LogP) is 4.74. The first kappa shape index (κ1) is 35.9. The van der Waals surface area contributed by atoms with Crippen LogP contribution < -0.4 is 0 Å². The molecular formula is C15H15CrF9O6. The molecule has 0 saturated carbocycles. The van der Waals surface area contributed by atoms with Gasteiger partial charge >= 0.3 is 18.5 Å². The van der Waals surface area contributed by atoms with E-state index in [-0.39, 0.29) is 35.6 Å². The average molecular weight is 514 g/mol. The molecule has 0 saturated heterocycles. The Morgan fingerprint density at radius 2 is 0.645 bits per heavy atom. The molecule has 0 rings (SSSR count). The maximum absolute atomic E-state index is 11.3. The number of halogens is 9. The van der Waals surface area contributed by atoms with Crippen LogP contribution >= 0.6 is 0 Å². The van der Waals surface area contributed by atoms with Crippen LogP contribution in [0.5, 0.6) is 0 Å². The van der Waals surface area contributed by atoms with E-state index in [9.17, 15) is 53.9 Å². The number of allylic oxidation sites excluding steroid dienone is 6. The van der Waals surface area contributed by atoms with E-state index < -0.39 is 53.2 Å². The van der Waals surface area contributed by atoms with Gasteiger partial charge in [0.2, 0.25) is 0 Å². The number of hydrogen-bond acceptors (Lipinski definition) is 6. The predicted molar refractivity (Wildman–Crippen MR) is 82.3 cm³/mol. The van der Waals surface area contributed by atoms with E-state index in [2.05, 4.69) is 0 Å². The molecule has 0 aliphatic rings. The number of carbonyl (C=O) groups excluding carboxylic acids is 3. The van der Waals surface area contributed by atoms with Gasteiger partial charge in [0.25, 0.3) is 17.3 Å². The van der Waals surface area contributed by atoms with Gasteiger partial charge in [-0.2, -0.15) is 39.5 Å². The van der Waals surface area contributed by atoms with Crippen molar-refractivity contribution in [3.63, 3.8) is 0 Å². The molecular weight excluding hydrogens is 499 g/mol. The molecule has 16 heteroatoms. The van der Waals surface area contributed by atoms with Crippen molar-refractivity contribution < 1.29 is 86.6 Å². The molecule has 0 aliphatic carbocycles. The minimum absolute atomic E-state index is 0. The first-order valence-electron chi connectivity index (χ1n) is 6.97. The molecule has 0 radical (unpaired) electrons. The summed E-state index contributed by atoms with van der Waals surface area (Å²) in [4.78, 5) is 29.7. The van der Waals surface area contributed by atoms with Crippen LogP contribution in [0, 0.1) is 0 Å². The fraction of sp³-hybridized carbons (Fsp3) is 0.400. The van der Waals surface area contributed by atoms with Gasteiger partial charge in [0, 0.05) is 35.6 Å². The Kier molecular flexibility index (Phi) is 16.8. The van der Waals surface area contributed by atoms with Crippen LogP contribution in [-0.2, 0) is 31.7 Å². The van der Waals surface area contributed by atoms with E-state index in [0.717, 1.165) is 20.8 Å². The molecule has 0 bridgehead atoms. The summed E-state index contributed by atoms with van der Waals surface area (Å²) < 4.78 is 102. The maximum atomic E-state index is 11.3. The summed E-state index contributed by atoms with van der Waals surface area (Å²) in [5.74, 6) is -8.10. The third kappa shape index (κ3) is 23.7. The normalized spacial score (nSPS) is 13.0. The first-order chi connectivity index (χ1) is 13.0. The molecule has 6 nitrogen and oxygen atoms in total. The monoisotopic (exact) mass is 514 g/mol. The average Bonchev–Trinajstić information content (AvgIpc) is 2.43. The Bertz CT molecular complexity index is 594. The van der Waals surface area contributed by atoms with Gasteiger partial charge in [0.05, 0.1) is 17.3 Å². The van der Waals surface area contributed by atoms with E-state index >= 15 is 0 Å². The van der Waals surface area contributed by atoms with Gasteiger partial charge in [-0.1, -0.05) is 0 Å². The summed E-state index contributed by atoms with van der Waals surface area (Å²) in [5.41, 5.74) is 0. The molecule has 0 spiro atoms. The summed E-state index contributed by atoms with van der Waals surface area (Å²) >= 11 is 0. The van der Waals surface area contributed by atoms with Crippen molar-refractivity contribution in [1.82, 2.24) is 0 Å². The topological polar surface area (TPSA) is 112 Å². The van der Waals surface area contributed by atoms with Crippen LogP contribution in [0.2, 0.25) is 0 Å². The minimum Gasteiger partial charge on any atom is -0.512 e. The fourth-order valence-electron chi connectivity index (χ4n) is 0.815. The van der Waals surface area contributed by atoms with Crippen LogP contribution in [0.25, 0.3) is 0 Å². The van der Waals surface area contributed by atoms with Crippen LogP contribution in [0.4, 0.5) is 39.5 Å². The largest absolute Gasteiger partial charge is 0.512 e. The Morgan fingerprint density at radius 1 is 0.516 bits per heavy atom. The Morgan fingerprint density at radius 3 is 0.677 bits per heavy atom. The molecule has 0 fully saturated rings. The maximum Gasteiger partial charge on any atom is 0.454 e. The van der Waals surface area contributed by atoms with Gasteiger partial charge in [-0.15, -0.1) is 0 Å². The van der Waals surface area contributed by atoms with Crippen molar-refractivity contribution >= 4 is 17.3 Å². The molecule has 31 heavy (non-hydrogen) atoms. The summed E-state index contributed by atoms with van der Waals surface area (Å²) in [7, 11) is 0. The molecule has 0 aromatic rings. The number of rotatable bonds is 3. The van der Waals surface area contributed by atoms with Crippen molar-refractivity contribution in [3.8, 4) is 0 Å². The van der Waals surface area contributed by atoms with Gasteiger partial charge < -0.3 is 15.3 Å². The third-order valence-corrected chi connectivity index (χ3v) is 1.86. The second-order valence-electron chi connectivity index (χ2n) is 4.94. The van der Waals surface area contributed by atoms with Crippen LogP contribution in [0.3, 0.4) is 0 Å². The molecule has 0 atom stereocenters. The zero-order valence-corrected chi connectivity index (χ0v) is 16.9. The van der Waals surface area contributed by atoms with Crippen molar-refractivity contribution in [2.75, 3.05) is 0 Å². The van der Waals surface area contributed by atoms with Crippen molar-refractivity contribution in [1.29, 1.82) is 0 Å². The molecule has 3 N–H and O–H groups in total. The third-order valence-electron chi connectivity index (χ3n) is 1.86. The van der Waals surface area contributed by atoms with Crippen LogP contribution in [-0.4, -0.2) is 51.2 Å². The van der Waals surface area contributed by atoms with Gasteiger partial charge in [-0.05, 0) is 20.8 Å². The molecule has 180 valence electrons. The zero-order valence-electron chi connectivity index (χ0n) is 15.6. The summed E-state index contributed by atoms with van der Waals surface area (Å²) in [6, 6.07) is 0. The van der Waals surface area contributed by atoms with Crippen LogP contribution in [0.15, 0.2) is 35.5 Å². The van der Waals surface area contributed by atoms with Crippen molar-refractivity contribution in [3.05, 3.63) is 35.5 Å². The minimum atomic E-state index is -4.88. The molecule has 0 aromatic carbocycles. The van der Waals surface area contributed by atoms with E-state index in [1.807, 2.05) is 0 Å². The summed E-state index contributed by atoms with van der Waals surface area (Å²) in [5, 5.41) is 24.7. The van der Waals surface area contributed by atoms with Gasteiger partial charge in [0.1, 0.15) is 0 Å². The molecule has 0 aliphatic heterocycles. The fourth-order valence-corrected chi connectivity index (χ4v) is 0.815. The van der Waals surface area contributed by atoms with Gasteiger partial charge in [-0.3, -0.25) is 14.4 Å². The van der Waals surface area contributed by atoms with Crippen molar-refractivity contribution in [2.45, 2.75) is 39.3 Å². The van der Waals surface area contributed by atoms with Gasteiger partial charge in [0.15, 0.2) is 0 Å². The van der Waals surface area contributed by atoms with E-state index in [0.29, 0.717) is 0 Å². The Labute approximate surface area is 179 Å². The van der Waals surface area contributed by atoms with E-state index in [4.69, 9.17) is 15.3 Å². The molecule has 0 amide bonds. The number of ketones is 3. The zero-order chi connectivity index (χ0) is 25.1. The molecule has 0 heterocycles. The summed E-state index contributed by atoms with van der Waals surface area (Å²) in [6.45, 7) is 2.97. The Hall–Kier alpha value is -2.47. The van der Waals surface area contributed by atoms with Crippen LogP contribution in [0.1, 0.15) is 20.8 Å². The number of carbonyl (C=O) groups is 3.